The Balaban J connectivity index is 1.66. The van der Waals surface area contributed by atoms with Crippen molar-refractivity contribution >= 4 is 34.3 Å². The number of oxazole rings is 1. The van der Waals surface area contributed by atoms with E-state index in [0.717, 1.165) is 11.1 Å². The summed E-state index contributed by atoms with van der Waals surface area (Å²) in [7, 11) is 0. The summed E-state index contributed by atoms with van der Waals surface area (Å²) >= 11 is 6.41. The Labute approximate surface area is 209 Å². The first-order valence-corrected chi connectivity index (χ1v) is 11.9. The number of nitrogens with zero attached hydrogens (tertiary/aromatic N) is 1. The molecule has 0 saturated carbocycles. The summed E-state index contributed by atoms with van der Waals surface area (Å²) in [5.41, 5.74) is 4.00. The highest BCUT2D eigenvalue weighted by Crippen LogP contribution is 2.39. The number of carbonyl (C=O) groups is 1. The third kappa shape index (κ3) is 5.35. The fourth-order valence-corrected chi connectivity index (χ4v) is 3.79. The fraction of sp³-hybridized carbons (Fsp3) is 0.259. The molecule has 182 valence electrons. The van der Waals surface area contributed by atoms with Gasteiger partial charge >= 0.3 is 0 Å². The lowest BCUT2D eigenvalue weighted by molar-refractivity contribution is 0.102. The molecule has 0 aliphatic carbocycles. The van der Waals surface area contributed by atoms with E-state index < -0.39 is 0 Å². The number of aromatic nitrogens is 1. The number of benzene rings is 3. The van der Waals surface area contributed by atoms with E-state index in [1.54, 1.807) is 30.3 Å². The summed E-state index contributed by atoms with van der Waals surface area (Å²) in [6, 6.07) is 14.3. The molecule has 0 aliphatic heterocycles. The number of fused-ring (bicyclic) bond motifs is 1. The van der Waals surface area contributed by atoms with Gasteiger partial charge in [-0.15, -0.1) is 0 Å². The van der Waals surface area contributed by atoms with Gasteiger partial charge in [-0.1, -0.05) is 17.7 Å². The predicted molar refractivity (Wildman–Crippen MR) is 137 cm³/mol. The minimum absolute atomic E-state index is 0.346. The van der Waals surface area contributed by atoms with Crippen molar-refractivity contribution in [1.82, 2.24) is 4.98 Å². The molecular weight excluding hydrogens is 468 g/mol. The summed E-state index contributed by atoms with van der Waals surface area (Å²) in [6.07, 6.45) is 0. The van der Waals surface area contributed by atoms with Crippen LogP contribution in [-0.4, -0.2) is 30.7 Å². The average Bonchev–Trinajstić information content (AvgIpc) is 3.25. The molecule has 3 aromatic carbocycles. The second kappa shape index (κ2) is 10.7. The van der Waals surface area contributed by atoms with Gasteiger partial charge in [-0.2, -0.15) is 0 Å². The van der Waals surface area contributed by atoms with Gasteiger partial charge in [0.05, 0.1) is 30.5 Å². The van der Waals surface area contributed by atoms with E-state index in [2.05, 4.69) is 10.3 Å². The molecule has 4 rings (SSSR count). The largest absolute Gasteiger partial charge is 0.490 e. The Kier molecular flexibility index (Phi) is 7.46. The first-order valence-electron chi connectivity index (χ1n) is 11.5. The van der Waals surface area contributed by atoms with E-state index in [0.29, 0.717) is 70.4 Å². The number of aryl methyl sites for hydroxylation is 1. The first kappa shape index (κ1) is 24.4. The smallest absolute Gasteiger partial charge is 0.255 e. The van der Waals surface area contributed by atoms with Crippen molar-refractivity contribution in [2.24, 2.45) is 0 Å². The second-order valence-corrected chi connectivity index (χ2v) is 8.15. The molecule has 0 bridgehead atoms. The van der Waals surface area contributed by atoms with Gasteiger partial charge in [0.25, 0.3) is 5.91 Å². The maximum absolute atomic E-state index is 13.2. The number of amides is 1. The SMILES string of the molecule is CCOc1cc(C(=O)Nc2cc(-c3nc4ccc(C)cc4o3)ccc2Cl)cc(OCC)c1OCC. The number of anilines is 1. The van der Waals surface area contributed by atoms with Crippen LogP contribution in [0.3, 0.4) is 0 Å². The zero-order valence-electron chi connectivity index (χ0n) is 20.1. The van der Waals surface area contributed by atoms with E-state index in [4.69, 9.17) is 30.2 Å². The van der Waals surface area contributed by atoms with Gasteiger partial charge in [0.1, 0.15) is 5.52 Å². The summed E-state index contributed by atoms with van der Waals surface area (Å²) in [4.78, 5) is 17.8. The fourth-order valence-electron chi connectivity index (χ4n) is 3.62. The average molecular weight is 495 g/mol. The zero-order chi connectivity index (χ0) is 24.9. The van der Waals surface area contributed by atoms with E-state index in [-0.39, 0.29) is 5.91 Å². The van der Waals surface area contributed by atoms with Crippen molar-refractivity contribution in [3.63, 3.8) is 0 Å². The summed E-state index contributed by atoms with van der Waals surface area (Å²) < 4.78 is 23.1. The Morgan fingerprint density at radius 3 is 2.29 bits per heavy atom. The molecule has 0 saturated heterocycles. The third-order valence-electron chi connectivity index (χ3n) is 5.18. The van der Waals surface area contributed by atoms with Crippen LogP contribution in [0.5, 0.6) is 17.2 Å². The van der Waals surface area contributed by atoms with Crippen LogP contribution in [0.2, 0.25) is 5.02 Å². The van der Waals surface area contributed by atoms with Crippen LogP contribution in [-0.2, 0) is 0 Å². The number of hydrogen-bond donors (Lipinski definition) is 1. The second-order valence-electron chi connectivity index (χ2n) is 7.74. The lowest BCUT2D eigenvalue weighted by Crippen LogP contribution is -2.13. The minimum Gasteiger partial charge on any atom is -0.490 e. The van der Waals surface area contributed by atoms with Crippen molar-refractivity contribution < 1.29 is 23.4 Å². The molecule has 35 heavy (non-hydrogen) atoms. The molecule has 0 atom stereocenters. The highest BCUT2D eigenvalue weighted by molar-refractivity contribution is 6.34. The topological polar surface area (TPSA) is 82.8 Å². The van der Waals surface area contributed by atoms with Gasteiger partial charge in [0, 0.05) is 11.1 Å². The standard InChI is InChI=1S/C27H27ClN2O5/c1-5-32-23-14-18(15-24(33-6-2)25(23)34-7-3)26(31)29-21-13-17(9-10-19(21)28)27-30-20-11-8-16(4)12-22(20)35-27/h8-15H,5-7H2,1-4H3,(H,29,31). The van der Waals surface area contributed by atoms with Crippen molar-refractivity contribution in [3.05, 3.63) is 64.7 Å². The van der Waals surface area contributed by atoms with E-state index in [1.165, 1.54) is 0 Å². The number of nitrogens with one attached hydrogen (secondary N) is 1. The van der Waals surface area contributed by atoms with Crippen LogP contribution >= 0.6 is 11.6 Å². The monoisotopic (exact) mass is 494 g/mol. The van der Waals surface area contributed by atoms with Gasteiger partial charge in [-0.05, 0) is 75.7 Å². The number of carbonyl (C=O) groups excluding carboxylic acids is 1. The van der Waals surface area contributed by atoms with E-state index in [1.807, 2.05) is 45.9 Å². The normalized spacial score (nSPS) is 10.9. The van der Waals surface area contributed by atoms with Crippen molar-refractivity contribution in [1.29, 1.82) is 0 Å². The minimum atomic E-state index is -0.373. The molecule has 7 nitrogen and oxygen atoms in total. The molecule has 1 N–H and O–H groups in total. The van der Waals surface area contributed by atoms with E-state index in [9.17, 15) is 4.79 Å². The van der Waals surface area contributed by atoms with Crippen LogP contribution in [0.15, 0.2) is 52.9 Å². The van der Waals surface area contributed by atoms with E-state index >= 15 is 0 Å². The maximum Gasteiger partial charge on any atom is 0.255 e. The Morgan fingerprint density at radius 1 is 0.943 bits per heavy atom. The highest BCUT2D eigenvalue weighted by atomic mass is 35.5. The van der Waals surface area contributed by atoms with Crippen LogP contribution in [0, 0.1) is 6.92 Å². The number of hydrogen-bond acceptors (Lipinski definition) is 6. The predicted octanol–water partition coefficient (Wildman–Crippen LogP) is 6.91. The molecule has 8 heteroatoms. The van der Waals surface area contributed by atoms with Gasteiger partial charge in [0.15, 0.2) is 17.1 Å². The highest BCUT2D eigenvalue weighted by Gasteiger charge is 2.20. The molecule has 4 aromatic rings. The Hall–Kier alpha value is -3.71. The lowest BCUT2D eigenvalue weighted by atomic mass is 10.1. The summed E-state index contributed by atoms with van der Waals surface area (Å²) in [5.74, 6) is 1.41. The zero-order valence-corrected chi connectivity index (χ0v) is 20.9. The number of halogens is 1. The van der Waals surface area contributed by atoms with Crippen LogP contribution in [0.1, 0.15) is 36.7 Å². The Bertz CT molecular complexity index is 1340. The first-order chi connectivity index (χ1) is 16.9. The molecule has 1 amide bonds. The van der Waals surface area contributed by atoms with Gasteiger partial charge in [-0.3, -0.25) is 4.79 Å². The van der Waals surface area contributed by atoms with Gasteiger partial charge in [-0.25, -0.2) is 4.98 Å². The van der Waals surface area contributed by atoms with Crippen LogP contribution < -0.4 is 19.5 Å². The molecule has 1 aromatic heterocycles. The molecule has 0 unspecified atom stereocenters. The molecule has 1 heterocycles. The van der Waals surface area contributed by atoms with Gasteiger partial charge in [0.2, 0.25) is 11.6 Å². The number of ether oxygens (including phenoxy) is 3. The van der Waals surface area contributed by atoms with Gasteiger partial charge < -0.3 is 23.9 Å². The third-order valence-corrected chi connectivity index (χ3v) is 5.51. The van der Waals surface area contributed by atoms with Crippen molar-refractivity contribution in [2.45, 2.75) is 27.7 Å². The van der Waals surface area contributed by atoms with Crippen molar-refractivity contribution in [2.75, 3.05) is 25.1 Å². The van der Waals surface area contributed by atoms with Crippen LogP contribution in [0.25, 0.3) is 22.6 Å². The molecule has 0 spiro atoms. The molecule has 0 fully saturated rings. The Morgan fingerprint density at radius 2 is 1.63 bits per heavy atom. The summed E-state index contributed by atoms with van der Waals surface area (Å²) in [6.45, 7) is 8.85. The summed E-state index contributed by atoms with van der Waals surface area (Å²) in [5, 5.41) is 3.26. The quantitative estimate of drug-likeness (QED) is 0.272. The lowest BCUT2D eigenvalue weighted by Gasteiger charge is -2.17. The van der Waals surface area contributed by atoms with Crippen LogP contribution in [0.4, 0.5) is 5.69 Å². The molecular formula is C27H27ClN2O5. The van der Waals surface area contributed by atoms with Crippen molar-refractivity contribution in [3.8, 4) is 28.7 Å². The molecule has 0 aliphatic rings. The number of rotatable bonds is 9. The molecule has 0 radical (unpaired) electrons. The maximum atomic E-state index is 13.2.